The molecule has 0 aliphatic carbocycles. The smallest absolute Gasteiger partial charge is 0.311 e. The number of sulfonamides is 1. The lowest BCUT2D eigenvalue weighted by atomic mass is 10.3. The van der Waals surface area contributed by atoms with Crippen LogP contribution in [0.4, 0.5) is 17.2 Å². The average Bonchev–Trinajstić information content (AvgIpc) is 2.69. The molecule has 11 heteroatoms. The number of hydrogen-bond acceptors (Lipinski definition) is 8. The molecule has 10 nitrogen and oxygen atoms in total. The Hall–Kier alpha value is -2.76. The summed E-state index contributed by atoms with van der Waals surface area (Å²) in [7, 11) is -2.43. The highest BCUT2D eigenvalue weighted by molar-refractivity contribution is 7.89. The fraction of sp³-hybridized carbons (Fsp3) is 0.312. The van der Waals surface area contributed by atoms with Crippen molar-refractivity contribution < 1.29 is 22.8 Å². The highest BCUT2D eigenvalue weighted by Gasteiger charge is 2.29. The normalized spacial score (nSPS) is 15.3. The maximum absolute atomic E-state index is 13.0. The van der Waals surface area contributed by atoms with Gasteiger partial charge in [0.2, 0.25) is 15.8 Å². The second kappa shape index (κ2) is 7.86. The van der Waals surface area contributed by atoms with Gasteiger partial charge in [0.05, 0.1) is 25.2 Å². The molecule has 1 fully saturated rings. The van der Waals surface area contributed by atoms with E-state index in [1.54, 1.807) is 6.07 Å². The Bertz CT molecular complexity index is 944. The molecule has 0 radical (unpaired) electrons. The van der Waals surface area contributed by atoms with Gasteiger partial charge in [-0.3, -0.25) is 10.1 Å². The number of hydrogen-bond donors (Lipinski definition) is 1. The number of ether oxygens (including phenoxy) is 2. The molecular formula is C16H18N4O6S. The molecule has 144 valence electrons. The van der Waals surface area contributed by atoms with Crippen molar-refractivity contribution in [2.24, 2.45) is 0 Å². The van der Waals surface area contributed by atoms with Gasteiger partial charge in [-0.1, -0.05) is 0 Å². The lowest BCUT2D eigenvalue weighted by Crippen LogP contribution is -2.40. The Labute approximate surface area is 155 Å². The third kappa shape index (κ3) is 3.99. The van der Waals surface area contributed by atoms with E-state index in [9.17, 15) is 18.5 Å². The summed E-state index contributed by atoms with van der Waals surface area (Å²) in [6.07, 6.45) is 1.41. The molecule has 0 spiro atoms. The predicted molar refractivity (Wildman–Crippen MR) is 96.7 cm³/mol. The molecule has 2 heterocycles. The van der Waals surface area contributed by atoms with Crippen molar-refractivity contribution in [2.45, 2.75) is 4.90 Å². The summed E-state index contributed by atoms with van der Waals surface area (Å²) in [5, 5.41) is 13.9. The number of rotatable bonds is 6. The lowest BCUT2D eigenvalue weighted by molar-refractivity contribution is -0.384. The number of methoxy groups -OCH3 is 1. The number of anilines is 2. The number of nitrogens with one attached hydrogen (secondary N) is 1. The molecule has 1 aromatic heterocycles. The Morgan fingerprint density at radius 3 is 2.70 bits per heavy atom. The Morgan fingerprint density at radius 2 is 2.04 bits per heavy atom. The second-order valence-corrected chi connectivity index (χ2v) is 7.54. The first-order valence-electron chi connectivity index (χ1n) is 8.06. The third-order valence-corrected chi connectivity index (χ3v) is 5.92. The molecule has 3 rings (SSSR count). The summed E-state index contributed by atoms with van der Waals surface area (Å²) >= 11 is 0. The van der Waals surface area contributed by atoms with Crippen molar-refractivity contribution in [1.82, 2.24) is 9.29 Å². The zero-order valence-electron chi connectivity index (χ0n) is 14.5. The third-order valence-electron chi connectivity index (χ3n) is 4.00. The van der Waals surface area contributed by atoms with Crippen LogP contribution in [-0.2, 0) is 14.8 Å². The van der Waals surface area contributed by atoms with Gasteiger partial charge in [0.1, 0.15) is 10.6 Å². The quantitative estimate of drug-likeness (QED) is 0.581. The molecule has 0 amide bonds. The first-order chi connectivity index (χ1) is 12.9. The molecule has 2 aromatic rings. The number of nitrogens with zero attached hydrogens (tertiary/aromatic N) is 3. The van der Waals surface area contributed by atoms with E-state index in [1.165, 1.54) is 41.9 Å². The molecule has 0 atom stereocenters. The largest absolute Gasteiger partial charge is 0.495 e. The summed E-state index contributed by atoms with van der Waals surface area (Å²) in [5.74, 6) is 0.199. The van der Waals surface area contributed by atoms with E-state index in [0.717, 1.165) is 0 Å². The van der Waals surface area contributed by atoms with Crippen LogP contribution in [-0.4, -0.2) is 56.0 Å². The summed E-state index contributed by atoms with van der Waals surface area (Å²) in [5.41, 5.74) is 0.121. The van der Waals surface area contributed by atoms with E-state index in [1.807, 2.05) is 0 Å². The van der Waals surface area contributed by atoms with Gasteiger partial charge < -0.3 is 14.8 Å². The minimum atomic E-state index is -3.81. The molecule has 0 saturated carbocycles. The number of benzene rings is 1. The maximum atomic E-state index is 13.0. The molecule has 27 heavy (non-hydrogen) atoms. The number of morpholine rings is 1. The fourth-order valence-corrected chi connectivity index (χ4v) is 4.25. The van der Waals surface area contributed by atoms with Gasteiger partial charge in [-0.2, -0.15) is 4.31 Å². The molecule has 1 saturated heterocycles. The predicted octanol–water partition coefficient (Wildman–Crippen LogP) is 1.76. The number of aromatic nitrogens is 1. The fourth-order valence-electron chi connectivity index (χ4n) is 2.66. The lowest BCUT2D eigenvalue weighted by Gasteiger charge is -2.26. The second-order valence-electron chi connectivity index (χ2n) is 5.64. The Kier molecular flexibility index (Phi) is 5.54. The summed E-state index contributed by atoms with van der Waals surface area (Å²) in [6, 6.07) is 7.19. The van der Waals surface area contributed by atoms with Gasteiger partial charge in [0, 0.05) is 31.0 Å². The topological polar surface area (TPSA) is 124 Å². The van der Waals surface area contributed by atoms with Gasteiger partial charge in [-0.25, -0.2) is 13.4 Å². The highest BCUT2D eigenvalue weighted by atomic mass is 32.2. The van der Waals surface area contributed by atoms with Gasteiger partial charge >= 0.3 is 5.69 Å². The van der Waals surface area contributed by atoms with Crippen molar-refractivity contribution in [1.29, 1.82) is 0 Å². The van der Waals surface area contributed by atoms with Gasteiger partial charge in [0.15, 0.2) is 0 Å². The van der Waals surface area contributed by atoms with Crippen LogP contribution in [0.5, 0.6) is 5.75 Å². The zero-order chi connectivity index (χ0) is 19.4. The summed E-state index contributed by atoms with van der Waals surface area (Å²) in [6.45, 7) is 1.13. The van der Waals surface area contributed by atoms with Crippen molar-refractivity contribution in [3.8, 4) is 5.75 Å². The molecule has 1 aromatic carbocycles. The van der Waals surface area contributed by atoms with E-state index < -0.39 is 14.9 Å². The van der Waals surface area contributed by atoms with Crippen LogP contribution in [0.15, 0.2) is 41.4 Å². The SMILES string of the molecule is COc1ccc(Nc2ncccc2[N+](=O)[O-])cc1S(=O)(=O)N1CCOCC1. The van der Waals surface area contributed by atoms with Crippen LogP contribution < -0.4 is 10.1 Å². The zero-order valence-corrected chi connectivity index (χ0v) is 15.3. The first kappa shape index (κ1) is 19.0. The minimum Gasteiger partial charge on any atom is -0.495 e. The standard InChI is InChI=1S/C16H18N4O6S/c1-25-14-5-4-12(18-16-13(20(21)22)3-2-6-17-16)11-15(14)27(23,24)19-7-9-26-10-8-19/h2-6,11H,7-10H2,1H3,(H,17,18). The van der Waals surface area contributed by atoms with Crippen molar-refractivity contribution in [2.75, 3.05) is 38.7 Å². The van der Waals surface area contributed by atoms with Gasteiger partial charge in [-0.05, 0) is 24.3 Å². The summed E-state index contributed by atoms with van der Waals surface area (Å²) < 4.78 is 37.7. The summed E-state index contributed by atoms with van der Waals surface area (Å²) in [4.78, 5) is 14.5. The molecule has 1 aliphatic rings. The molecule has 0 unspecified atom stereocenters. The van der Waals surface area contributed by atoms with E-state index in [4.69, 9.17) is 9.47 Å². The van der Waals surface area contributed by atoms with Crippen LogP contribution in [0, 0.1) is 10.1 Å². The van der Waals surface area contributed by atoms with Crippen molar-refractivity contribution in [3.63, 3.8) is 0 Å². The number of pyridine rings is 1. The van der Waals surface area contributed by atoms with Gasteiger partial charge in [-0.15, -0.1) is 0 Å². The Balaban J connectivity index is 1.98. The van der Waals surface area contributed by atoms with Crippen molar-refractivity contribution >= 4 is 27.2 Å². The van der Waals surface area contributed by atoms with Crippen LogP contribution in [0.1, 0.15) is 0 Å². The van der Waals surface area contributed by atoms with E-state index in [-0.39, 0.29) is 35.2 Å². The molecule has 1 aliphatic heterocycles. The first-order valence-corrected chi connectivity index (χ1v) is 9.50. The Morgan fingerprint density at radius 1 is 1.30 bits per heavy atom. The van der Waals surface area contributed by atoms with Crippen LogP contribution in [0.3, 0.4) is 0 Å². The van der Waals surface area contributed by atoms with Gasteiger partial charge in [0.25, 0.3) is 0 Å². The number of nitro groups is 1. The molecule has 0 bridgehead atoms. The van der Waals surface area contributed by atoms with Crippen LogP contribution in [0.25, 0.3) is 0 Å². The average molecular weight is 394 g/mol. The van der Waals surface area contributed by atoms with E-state index in [2.05, 4.69) is 10.3 Å². The highest BCUT2D eigenvalue weighted by Crippen LogP contribution is 2.32. The van der Waals surface area contributed by atoms with E-state index >= 15 is 0 Å². The molecular weight excluding hydrogens is 376 g/mol. The molecule has 1 N–H and O–H groups in total. The van der Waals surface area contributed by atoms with E-state index in [0.29, 0.717) is 18.9 Å². The van der Waals surface area contributed by atoms with Crippen LogP contribution >= 0.6 is 0 Å². The monoisotopic (exact) mass is 394 g/mol. The minimum absolute atomic E-state index is 0.0161. The van der Waals surface area contributed by atoms with Crippen LogP contribution in [0.2, 0.25) is 0 Å². The maximum Gasteiger partial charge on any atom is 0.311 e. The van der Waals surface area contributed by atoms with Crippen molar-refractivity contribution in [3.05, 3.63) is 46.6 Å².